The molecule has 3 rings (SSSR count). The maximum absolute atomic E-state index is 12.3. The summed E-state index contributed by atoms with van der Waals surface area (Å²) in [6, 6.07) is 16.9. The van der Waals surface area contributed by atoms with E-state index in [1.165, 1.54) is 10.2 Å². The summed E-state index contributed by atoms with van der Waals surface area (Å²) >= 11 is 0. The molecular weight excluding hydrogens is 338 g/mol. The molecule has 132 valence electrons. The summed E-state index contributed by atoms with van der Waals surface area (Å²) in [5, 5.41) is 0.885. The van der Waals surface area contributed by atoms with Gasteiger partial charge in [0.1, 0.15) is 0 Å². The first-order chi connectivity index (χ1) is 12.0. The number of fused-ring (bicyclic) bond motifs is 1. The first-order valence-corrected chi connectivity index (χ1v) is 9.86. The van der Waals surface area contributed by atoms with Crippen molar-refractivity contribution in [3.05, 3.63) is 60.2 Å². The first kappa shape index (κ1) is 17.7. The monoisotopic (exact) mass is 359 g/mol. The van der Waals surface area contributed by atoms with Crippen LogP contribution in [0.15, 0.2) is 54.6 Å². The number of methoxy groups -OCH3 is 1. The lowest BCUT2D eigenvalue weighted by atomic mass is 10.1. The third-order valence-electron chi connectivity index (χ3n) is 4.01. The van der Waals surface area contributed by atoms with Crippen molar-refractivity contribution >= 4 is 20.9 Å². The summed E-state index contributed by atoms with van der Waals surface area (Å²) in [6.07, 6.45) is 0.785. The van der Waals surface area contributed by atoms with Crippen LogP contribution in [0.4, 0.5) is 0 Å². The summed E-state index contributed by atoms with van der Waals surface area (Å²) in [4.78, 5) is 0. The highest BCUT2D eigenvalue weighted by atomic mass is 32.2. The molecule has 25 heavy (non-hydrogen) atoms. The molecule has 0 aliphatic carbocycles. The Bertz CT molecular complexity index is 974. The first-order valence-electron chi connectivity index (χ1n) is 8.01. The summed E-state index contributed by atoms with van der Waals surface area (Å²) in [7, 11) is -1.84. The van der Waals surface area contributed by atoms with Crippen LogP contribution in [0.25, 0.3) is 22.2 Å². The smallest absolute Gasteiger partial charge is 0.236 e. The average molecular weight is 359 g/mol. The Kier molecular flexibility index (Phi) is 4.94. The van der Waals surface area contributed by atoms with Gasteiger partial charge in [0, 0.05) is 24.7 Å². The molecule has 1 aromatic heterocycles. The topological polar surface area (TPSA) is 57.5 Å². The molecule has 0 aliphatic heterocycles. The van der Waals surface area contributed by atoms with Gasteiger partial charge in [-0.15, -0.1) is 0 Å². The van der Waals surface area contributed by atoms with Gasteiger partial charge in [0.15, 0.2) is 6.29 Å². The minimum Gasteiger partial charge on any atom is -0.352 e. The number of rotatable bonds is 6. The molecule has 0 radical (unpaired) electrons. The second-order valence-corrected chi connectivity index (χ2v) is 7.59. The van der Waals surface area contributed by atoms with Crippen molar-refractivity contribution in [3.63, 3.8) is 0 Å². The van der Waals surface area contributed by atoms with Gasteiger partial charge in [-0.3, -0.25) is 0 Å². The predicted molar refractivity (Wildman–Crippen MR) is 99.0 cm³/mol. The lowest BCUT2D eigenvalue weighted by Crippen LogP contribution is -2.11. The molecule has 5 nitrogen and oxygen atoms in total. The minimum atomic E-state index is -3.44. The van der Waals surface area contributed by atoms with Crippen molar-refractivity contribution in [3.8, 4) is 11.3 Å². The largest absolute Gasteiger partial charge is 0.352 e. The highest BCUT2D eigenvalue weighted by molar-refractivity contribution is 7.89. The number of para-hydroxylation sites is 1. The normalized spacial score (nSPS) is 13.2. The zero-order valence-corrected chi connectivity index (χ0v) is 15.3. The van der Waals surface area contributed by atoms with E-state index >= 15 is 0 Å². The van der Waals surface area contributed by atoms with Gasteiger partial charge in [-0.25, -0.2) is 12.4 Å². The van der Waals surface area contributed by atoms with Crippen LogP contribution in [-0.4, -0.2) is 32.4 Å². The van der Waals surface area contributed by atoms with Gasteiger partial charge in [0.25, 0.3) is 0 Å². The Labute approximate surface area is 147 Å². The van der Waals surface area contributed by atoms with Crippen molar-refractivity contribution < 1.29 is 17.9 Å². The van der Waals surface area contributed by atoms with Gasteiger partial charge in [-0.2, -0.15) is 0 Å². The summed E-state index contributed by atoms with van der Waals surface area (Å²) in [6.45, 7) is 2.45. The molecular formula is C19H21NO4S. The highest BCUT2D eigenvalue weighted by Gasteiger charge is 2.18. The van der Waals surface area contributed by atoms with E-state index in [0.29, 0.717) is 17.8 Å². The fourth-order valence-electron chi connectivity index (χ4n) is 2.95. The van der Waals surface area contributed by atoms with E-state index in [-0.39, 0.29) is 0 Å². The second kappa shape index (κ2) is 7.00. The zero-order valence-electron chi connectivity index (χ0n) is 14.5. The van der Waals surface area contributed by atoms with Gasteiger partial charge < -0.3 is 9.47 Å². The number of nitrogens with zero attached hydrogens (tertiary/aromatic N) is 1. The fourth-order valence-corrected chi connectivity index (χ4v) is 3.99. The van der Waals surface area contributed by atoms with Crippen LogP contribution in [0.5, 0.6) is 0 Å². The van der Waals surface area contributed by atoms with E-state index in [0.717, 1.165) is 16.5 Å². The van der Waals surface area contributed by atoms with E-state index in [2.05, 4.69) is 0 Å². The molecule has 6 heteroatoms. The molecule has 0 saturated carbocycles. The van der Waals surface area contributed by atoms with Crippen molar-refractivity contribution in [2.45, 2.75) is 13.2 Å². The summed E-state index contributed by atoms with van der Waals surface area (Å²) in [5.41, 5.74) is 3.01. The quantitative estimate of drug-likeness (QED) is 0.628. The van der Waals surface area contributed by atoms with E-state index in [1.54, 1.807) is 7.11 Å². The molecule has 2 aromatic carbocycles. The fraction of sp³-hybridized carbons (Fsp3) is 0.263. The Morgan fingerprint density at radius 2 is 1.76 bits per heavy atom. The van der Waals surface area contributed by atoms with Crippen molar-refractivity contribution in [2.24, 2.45) is 0 Å². The van der Waals surface area contributed by atoms with Crippen LogP contribution >= 0.6 is 0 Å². The average Bonchev–Trinajstić information content (AvgIpc) is 2.99. The van der Waals surface area contributed by atoms with Gasteiger partial charge in [0.05, 0.1) is 17.5 Å². The molecule has 0 saturated heterocycles. The molecule has 3 aromatic rings. The maximum atomic E-state index is 12.3. The summed E-state index contributed by atoms with van der Waals surface area (Å²) in [5.74, 6) is 0. The predicted octanol–water partition coefficient (Wildman–Crippen LogP) is 3.80. The molecule has 0 N–H and O–H groups in total. The maximum Gasteiger partial charge on any atom is 0.236 e. The second-order valence-electron chi connectivity index (χ2n) is 5.76. The number of hydrogen-bond donors (Lipinski definition) is 0. The van der Waals surface area contributed by atoms with Crippen LogP contribution in [0.1, 0.15) is 18.8 Å². The Hall–Kier alpha value is -2.15. The Morgan fingerprint density at radius 3 is 2.36 bits per heavy atom. The van der Waals surface area contributed by atoms with Crippen LogP contribution < -0.4 is 0 Å². The summed E-state index contributed by atoms with van der Waals surface area (Å²) < 4.78 is 36.9. The Balaban J connectivity index is 2.11. The number of benzene rings is 2. The lowest BCUT2D eigenvalue weighted by molar-refractivity contribution is -0.124. The van der Waals surface area contributed by atoms with Crippen LogP contribution in [0.3, 0.4) is 0 Å². The Morgan fingerprint density at radius 1 is 1.08 bits per heavy atom. The molecule has 0 amide bonds. The van der Waals surface area contributed by atoms with E-state index in [1.807, 2.05) is 61.5 Å². The standard InChI is InChI=1S/C19H21NO4S/c1-4-24-19(23-2)15-11-9-14(10-12-15)18-13-16-7-5-6-8-17(16)20(18)25(3,21)22/h5-13,19H,4H2,1-3H3. The van der Waals surface area contributed by atoms with Gasteiger partial charge in [-0.1, -0.05) is 42.5 Å². The third kappa shape index (κ3) is 3.46. The van der Waals surface area contributed by atoms with Crippen molar-refractivity contribution in [1.29, 1.82) is 0 Å². The molecule has 1 unspecified atom stereocenters. The van der Waals surface area contributed by atoms with Gasteiger partial charge in [0.2, 0.25) is 10.0 Å². The molecule has 0 fully saturated rings. The van der Waals surface area contributed by atoms with Crippen LogP contribution in [0, 0.1) is 0 Å². The molecule has 0 aliphatic rings. The van der Waals surface area contributed by atoms with Crippen molar-refractivity contribution in [2.75, 3.05) is 20.0 Å². The zero-order chi connectivity index (χ0) is 18.0. The SMILES string of the molecule is CCOC(OC)c1ccc(-c2cc3ccccc3n2S(C)(=O)=O)cc1. The van der Waals surface area contributed by atoms with Crippen LogP contribution in [0.2, 0.25) is 0 Å². The third-order valence-corrected chi connectivity index (χ3v) is 5.07. The van der Waals surface area contributed by atoms with Crippen molar-refractivity contribution in [1.82, 2.24) is 3.97 Å². The van der Waals surface area contributed by atoms with Gasteiger partial charge >= 0.3 is 0 Å². The number of hydrogen-bond acceptors (Lipinski definition) is 4. The highest BCUT2D eigenvalue weighted by Crippen LogP contribution is 2.30. The molecule has 0 spiro atoms. The van der Waals surface area contributed by atoms with E-state index in [9.17, 15) is 8.42 Å². The van der Waals surface area contributed by atoms with Crippen LogP contribution in [-0.2, 0) is 19.5 Å². The van der Waals surface area contributed by atoms with E-state index < -0.39 is 16.3 Å². The minimum absolute atomic E-state index is 0.431. The van der Waals surface area contributed by atoms with Gasteiger partial charge in [-0.05, 0) is 24.6 Å². The number of aromatic nitrogens is 1. The lowest BCUT2D eigenvalue weighted by Gasteiger charge is -2.16. The molecule has 0 bridgehead atoms. The number of ether oxygens (including phenoxy) is 2. The van der Waals surface area contributed by atoms with E-state index in [4.69, 9.17) is 9.47 Å². The molecule has 1 heterocycles. The molecule has 1 atom stereocenters.